The predicted molar refractivity (Wildman–Crippen MR) is 78.3 cm³/mol. The summed E-state index contributed by atoms with van der Waals surface area (Å²) in [6, 6.07) is 6.53. The minimum Gasteiger partial charge on any atom is -0.360 e. The Kier molecular flexibility index (Phi) is 4.93. The Morgan fingerprint density at radius 2 is 2.17 bits per heavy atom. The molecule has 1 saturated carbocycles. The van der Waals surface area contributed by atoms with E-state index in [9.17, 15) is 0 Å². The van der Waals surface area contributed by atoms with Gasteiger partial charge in [-0.3, -0.25) is 4.98 Å². The molecule has 0 saturated heterocycles. The summed E-state index contributed by atoms with van der Waals surface area (Å²) in [5, 5.41) is 4.31. The molecule has 0 atom stereocenters. The highest BCUT2D eigenvalue weighted by Gasteiger charge is 2.15. The van der Waals surface area contributed by atoms with Crippen LogP contribution < -0.4 is 5.32 Å². The van der Waals surface area contributed by atoms with E-state index in [2.05, 4.69) is 15.2 Å². The molecule has 0 spiro atoms. The zero-order valence-electron chi connectivity index (χ0n) is 10.9. The zero-order valence-corrected chi connectivity index (χ0v) is 11.7. The van der Waals surface area contributed by atoms with Crippen molar-refractivity contribution in [3.8, 4) is 0 Å². The summed E-state index contributed by atoms with van der Waals surface area (Å²) in [6.07, 6.45) is 8.33. The van der Waals surface area contributed by atoms with Crippen LogP contribution in [0.2, 0.25) is 0 Å². The molecule has 18 heavy (non-hydrogen) atoms. The number of thiocarbonyl (C=S) groups is 1. The van der Waals surface area contributed by atoms with E-state index in [1.54, 1.807) is 0 Å². The van der Waals surface area contributed by atoms with Crippen molar-refractivity contribution in [2.75, 3.05) is 7.05 Å². The van der Waals surface area contributed by atoms with Crippen LogP contribution in [-0.2, 0) is 6.54 Å². The lowest BCUT2D eigenvalue weighted by atomic mass is 9.96. The smallest absolute Gasteiger partial charge is 0.169 e. The Morgan fingerprint density at radius 3 is 2.83 bits per heavy atom. The molecule has 1 N–H and O–H groups in total. The first-order valence-corrected chi connectivity index (χ1v) is 7.08. The third kappa shape index (κ3) is 3.95. The van der Waals surface area contributed by atoms with E-state index in [-0.39, 0.29) is 0 Å². The van der Waals surface area contributed by atoms with Gasteiger partial charge in [-0.2, -0.15) is 0 Å². The summed E-state index contributed by atoms with van der Waals surface area (Å²) in [5.74, 6) is 0. The fraction of sp³-hybridized carbons (Fsp3) is 0.571. The summed E-state index contributed by atoms with van der Waals surface area (Å²) >= 11 is 5.44. The molecular formula is C14H21N3S. The predicted octanol–water partition coefficient (Wildman–Crippen LogP) is 2.72. The maximum absolute atomic E-state index is 5.44. The molecule has 0 amide bonds. The van der Waals surface area contributed by atoms with Gasteiger partial charge < -0.3 is 10.2 Å². The molecule has 4 heteroatoms. The van der Waals surface area contributed by atoms with Gasteiger partial charge in [0.1, 0.15) is 0 Å². The minimum absolute atomic E-state index is 0.567. The van der Waals surface area contributed by atoms with E-state index in [1.165, 1.54) is 32.1 Å². The van der Waals surface area contributed by atoms with Crippen LogP contribution >= 0.6 is 12.2 Å². The lowest BCUT2D eigenvalue weighted by Gasteiger charge is -2.28. The summed E-state index contributed by atoms with van der Waals surface area (Å²) < 4.78 is 0. The van der Waals surface area contributed by atoms with Gasteiger partial charge in [0, 0.05) is 19.3 Å². The van der Waals surface area contributed by atoms with Crippen LogP contribution in [-0.4, -0.2) is 28.1 Å². The lowest BCUT2D eigenvalue weighted by Crippen LogP contribution is -2.43. The normalized spacial score (nSPS) is 16.3. The van der Waals surface area contributed by atoms with Crippen molar-refractivity contribution in [3.63, 3.8) is 0 Å². The Morgan fingerprint density at radius 1 is 1.39 bits per heavy atom. The topological polar surface area (TPSA) is 28.2 Å². The molecule has 98 valence electrons. The molecule has 2 rings (SSSR count). The SMILES string of the molecule is CN(Cc1ccccn1)C(=S)NC1CCCCC1. The van der Waals surface area contributed by atoms with E-state index in [1.807, 2.05) is 31.4 Å². The molecular weight excluding hydrogens is 242 g/mol. The first kappa shape index (κ1) is 13.3. The Labute approximate surface area is 115 Å². The second-order valence-corrected chi connectivity index (χ2v) is 5.35. The van der Waals surface area contributed by atoms with Crippen LogP contribution in [0.3, 0.4) is 0 Å². The van der Waals surface area contributed by atoms with E-state index in [0.717, 1.165) is 17.4 Å². The number of aromatic nitrogens is 1. The third-order valence-corrected chi connectivity index (χ3v) is 3.83. The van der Waals surface area contributed by atoms with Gasteiger partial charge in [-0.05, 0) is 37.2 Å². The van der Waals surface area contributed by atoms with E-state index in [4.69, 9.17) is 12.2 Å². The highest BCUT2D eigenvalue weighted by atomic mass is 32.1. The molecule has 0 radical (unpaired) electrons. The van der Waals surface area contributed by atoms with Gasteiger partial charge in [-0.25, -0.2) is 0 Å². The van der Waals surface area contributed by atoms with Crippen LogP contribution in [0, 0.1) is 0 Å². The van der Waals surface area contributed by atoms with Crippen LogP contribution in [0.1, 0.15) is 37.8 Å². The van der Waals surface area contributed by atoms with Gasteiger partial charge in [-0.15, -0.1) is 0 Å². The average molecular weight is 263 g/mol. The molecule has 1 fully saturated rings. The van der Waals surface area contributed by atoms with Gasteiger partial charge in [0.15, 0.2) is 5.11 Å². The van der Waals surface area contributed by atoms with Crippen molar-refractivity contribution in [2.45, 2.75) is 44.7 Å². The van der Waals surface area contributed by atoms with Crippen molar-refractivity contribution in [3.05, 3.63) is 30.1 Å². The third-order valence-electron chi connectivity index (χ3n) is 3.40. The molecule has 1 aromatic rings. The molecule has 0 unspecified atom stereocenters. The average Bonchev–Trinajstić information content (AvgIpc) is 2.41. The highest BCUT2D eigenvalue weighted by molar-refractivity contribution is 7.80. The fourth-order valence-corrected chi connectivity index (χ4v) is 2.57. The second-order valence-electron chi connectivity index (χ2n) is 4.96. The van der Waals surface area contributed by atoms with Crippen molar-refractivity contribution in [1.82, 2.24) is 15.2 Å². The highest BCUT2D eigenvalue weighted by Crippen LogP contribution is 2.17. The van der Waals surface area contributed by atoms with Crippen LogP contribution in [0.5, 0.6) is 0 Å². The van der Waals surface area contributed by atoms with E-state index >= 15 is 0 Å². The van der Waals surface area contributed by atoms with Gasteiger partial charge in [0.05, 0.1) is 12.2 Å². The molecule has 3 nitrogen and oxygen atoms in total. The van der Waals surface area contributed by atoms with Gasteiger partial charge in [0.25, 0.3) is 0 Å². The quantitative estimate of drug-likeness (QED) is 0.849. The Hall–Kier alpha value is -1.16. The number of pyridine rings is 1. The van der Waals surface area contributed by atoms with Crippen LogP contribution in [0.4, 0.5) is 0 Å². The molecule has 1 aromatic heterocycles. The first-order valence-electron chi connectivity index (χ1n) is 6.67. The first-order chi connectivity index (χ1) is 8.75. The molecule has 1 aliphatic rings. The molecule has 1 heterocycles. The summed E-state index contributed by atoms with van der Waals surface area (Å²) in [4.78, 5) is 6.38. The minimum atomic E-state index is 0.567. The molecule has 0 aliphatic heterocycles. The number of nitrogens with one attached hydrogen (secondary N) is 1. The van der Waals surface area contributed by atoms with E-state index in [0.29, 0.717) is 6.04 Å². The van der Waals surface area contributed by atoms with Crippen molar-refractivity contribution >= 4 is 17.3 Å². The summed E-state index contributed by atoms with van der Waals surface area (Å²) in [6.45, 7) is 0.763. The maximum atomic E-state index is 5.44. The lowest BCUT2D eigenvalue weighted by molar-refractivity contribution is 0.391. The number of rotatable bonds is 3. The van der Waals surface area contributed by atoms with Crippen molar-refractivity contribution in [1.29, 1.82) is 0 Å². The van der Waals surface area contributed by atoms with Crippen LogP contribution in [0.25, 0.3) is 0 Å². The van der Waals surface area contributed by atoms with Gasteiger partial charge in [0.2, 0.25) is 0 Å². The maximum Gasteiger partial charge on any atom is 0.169 e. The number of hydrogen-bond donors (Lipinski definition) is 1. The second kappa shape index (κ2) is 6.69. The summed E-state index contributed by atoms with van der Waals surface area (Å²) in [7, 11) is 2.02. The molecule has 0 aromatic carbocycles. The largest absolute Gasteiger partial charge is 0.360 e. The number of hydrogen-bond acceptors (Lipinski definition) is 2. The summed E-state index contributed by atoms with van der Waals surface area (Å²) in [5.41, 5.74) is 1.05. The van der Waals surface area contributed by atoms with E-state index < -0.39 is 0 Å². The molecule has 1 aliphatic carbocycles. The Balaban J connectivity index is 1.81. The van der Waals surface area contributed by atoms with Crippen LogP contribution in [0.15, 0.2) is 24.4 Å². The molecule has 0 bridgehead atoms. The fourth-order valence-electron chi connectivity index (χ4n) is 2.34. The Bertz CT molecular complexity index is 374. The standard InChI is InChI=1S/C14H21N3S/c1-17(11-13-9-5-6-10-15-13)14(18)16-12-7-3-2-4-8-12/h5-6,9-10,12H,2-4,7-8,11H2,1H3,(H,16,18). The number of nitrogens with zero attached hydrogens (tertiary/aromatic N) is 2. The van der Waals surface area contributed by atoms with Crippen molar-refractivity contribution < 1.29 is 0 Å². The zero-order chi connectivity index (χ0) is 12.8. The van der Waals surface area contributed by atoms with Crippen molar-refractivity contribution in [2.24, 2.45) is 0 Å². The van der Waals surface area contributed by atoms with Gasteiger partial charge in [-0.1, -0.05) is 25.3 Å². The van der Waals surface area contributed by atoms with Gasteiger partial charge >= 0.3 is 0 Å². The monoisotopic (exact) mass is 263 g/mol.